The van der Waals surface area contributed by atoms with Gasteiger partial charge in [-0.2, -0.15) is 5.26 Å². The first kappa shape index (κ1) is 14.0. The molecule has 0 heterocycles. The SMILES string of the molecule is COc1ccc(NC(C)c2ccc(C#N)cc2)cc1C. The molecule has 0 saturated heterocycles. The molecule has 0 aliphatic rings. The highest BCUT2D eigenvalue weighted by molar-refractivity contribution is 5.52. The van der Waals surface area contributed by atoms with Crippen molar-refractivity contribution < 1.29 is 4.74 Å². The molecule has 0 spiro atoms. The van der Waals surface area contributed by atoms with Crippen LogP contribution in [0.2, 0.25) is 0 Å². The lowest BCUT2D eigenvalue weighted by atomic mass is 10.1. The largest absolute Gasteiger partial charge is 0.496 e. The van der Waals surface area contributed by atoms with Gasteiger partial charge < -0.3 is 10.1 Å². The molecule has 2 aromatic rings. The summed E-state index contributed by atoms with van der Waals surface area (Å²) < 4.78 is 5.26. The maximum Gasteiger partial charge on any atom is 0.121 e. The molecule has 3 nitrogen and oxygen atoms in total. The summed E-state index contributed by atoms with van der Waals surface area (Å²) in [5.74, 6) is 0.890. The Morgan fingerprint density at radius 2 is 1.85 bits per heavy atom. The van der Waals surface area contributed by atoms with E-state index in [0.29, 0.717) is 5.56 Å². The van der Waals surface area contributed by atoms with Crippen LogP contribution in [0, 0.1) is 18.3 Å². The van der Waals surface area contributed by atoms with Crippen molar-refractivity contribution in [3.05, 3.63) is 59.2 Å². The smallest absolute Gasteiger partial charge is 0.121 e. The number of hydrogen-bond acceptors (Lipinski definition) is 3. The second-order valence-electron chi connectivity index (χ2n) is 4.78. The second kappa shape index (κ2) is 6.12. The van der Waals surface area contributed by atoms with Crippen LogP contribution in [0.4, 0.5) is 5.69 Å². The van der Waals surface area contributed by atoms with Gasteiger partial charge in [-0.05, 0) is 55.3 Å². The number of nitrogens with zero attached hydrogens (tertiary/aromatic N) is 1. The first-order valence-electron chi connectivity index (χ1n) is 6.55. The van der Waals surface area contributed by atoms with E-state index in [-0.39, 0.29) is 6.04 Å². The topological polar surface area (TPSA) is 45.0 Å². The van der Waals surface area contributed by atoms with Gasteiger partial charge in [0.2, 0.25) is 0 Å². The van der Waals surface area contributed by atoms with Gasteiger partial charge in [-0.3, -0.25) is 0 Å². The Morgan fingerprint density at radius 1 is 1.15 bits per heavy atom. The van der Waals surface area contributed by atoms with Gasteiger partial charge in [-0.15, -0.1) is 0 Å². The maximum atomic E-state index is 8.80. The highest BCUT2D eigenvalue weighted by atomic mass is 16.5. The molecule has 0 bridgehead atoms. The van der Waals surface area contributed by atoms with Gasteiger partial charge in [0.25, 0.3) is 0 Å². The highest BCUT2D eigenvalue weighted by Crippen LogP contribution is 2.25. The zero-order valence-electron chi connectivity index (χ0n) is 12.0. The molecule has 1 unspecified atom stereocenters. The number of benzene rings is 2. The summed E-state index contributed by atoms with van der Waals surface area (Å²) in [5.41, 5.74) is 3.99. The Kier molecular flexibility index (Phi) is 4.27. The van der Waals surface area contributed by atoms with Gasteiger partial charge in [0.05, 0.1) is 18.7 Å². The minimum atomic E-state index is 0.176. The lowest BCUT2D eigenvalue weighted by molar-refractivity contribution is 0.412. The Labute approximate surface area is 119 Å². The number of ether oxygens (including phenoxy) is 1. The fourth-order valence-electron chi connectivity index (χ4n) is 2.15. The number of methoxy groups -OCH3 is 1. The molecular weight excluding hydrogens is 248 g/mol. The highest BCUT2D eigenvalue weighted by Gasteiger charge is 2.06. The second-order valence-corrected chi connectivity index (χ2v) is 4.78. The number of nitrogens with one attached hydrogen (secondary N) is 1. The van der Waals surface area contributed by atoms with Crippen LogP contribution in [0.5, 0.6) is 5.75 Å². The molecule has 0 aliphatic carbocycles. The fourth-order valence-corrected chi connectivity index (χ4v) is 2.15. The van der Waals surface area contributed by atoms with Crippen molar-refractivity contribution in [2.45, 2.75) is 19.9 Å². The average molecular weight is 266 g/mol. The lowest BCUT2D eigenvalue weighted by Gasteiger charge is -2.17. The monoisotopic (exact) mass is 266 g/mol. The minimum absolute atomic E-state index is 0.176. The average Bonchev–Trinajstić information content (AvgIpc) is 2.47. The van der Waals surface area contributed by atoms with Crippen LogP contribution in [-0.4, -0.2) is 7.11 Å². The normalized spacial score (nSPS) is 11.5. The van der Waals surface area contributed by atoms with Gasteiger partial charge in [-0.1, -0.05) is 12.1 Å². The van der Waals surface area contributed by atoms with Crippen molar-refractivity contribution in [2.75, 3.05) is 12.4 Å². The molecule has 0 fully saturated rings. The van der Waals surface area contributed by atoms with Crippen LogP contribution in [0.25, 0.3) is 0 Å². The molecule has 2 aromatic carbocycles. The van der Waals surface area contributed by atoms with Gasteiger partial charge >= 0.3 is 0 Å². The van der Waals surface area contributed by atoms with Gasteiger partial charge in [0.1, 0.15) is 5.75 Å². The van der Waals surface area contributed by atoms with Crippen LogP contribution < -0.4 is 10.1 Å². The molecule has 0 aliphatic heterocycles. The van der Waals surface area contributed by atoms with E-state index in [0.717, 1.165) is 22.6 Å². The third-order valence-corrected chi connectivity index (χ3v) is 3.32. The number of aryl methyl sites for hydroxylation is 1. The number of hydrogen-bond donors (Lipinski definition) is 1. The molecule has 0 amide bonds. The molecule has 102 valence electrons. The molecule has 2 rings (SSSR count). The fraction of sp³-hybridized carbons (Fsp3) is 0.235. The summed E-state index contributed by atoms with van der Waals surface area (Å²) in [4.78, 5) is 0. The van der Waals surface area contributed by atoms with E-state index in [4.69, 9.17) is 10.00 Å². The van der Waals surface area contributed by atoms with Crippen molar-refractivity contribution in [3.8, 4) is 11.8 Å². The predicted octanol–water partition coefficient (Wildman–Crippen LogP) is 4.05. The van der Waals surface area contributed by atoms with E-state index in [1.54, 1.807) is 7.11 Å². The van der Waals surface area contributed by atoms with Crippen LogP contribution >= 0.6 is 0 Å². The van der Waals surface area contributed by atoms with Crippen LogP contribution in [0.3, 0.4) is 0 Å². The molecule has 20 heavy (non-hydrogen) atoms. The summed E-state index contributed by atoms with van der Waals surface area (Å²) in [7, 11) is 1.68. The van der Waals surface area contributed by atoms with E-state index in [1.807, 2.05) is 43.3 Å². The van der Waals surface area contributed by atoms with Gasteiger partial charge in [-0.25, -0.2) is 0 Å². The van der Waals surface area contributed by atoms with Crippen LogP contribution in [0.1, 0.15) is 29.7 Å². The van der Waals surface area contributed by atoms with Crippen LogP contribution in [-0.2, 0) is 0 Å². The van der Waals surface area contributed by atoms with Crippen molar-refractivity contribution in [1.29, 1.82) is 5.26 Å². The Bertz CT molecular complexity index is 626. The quantitative estimate of drug-likeness (QED) is 0.908. The van der Waals surface area contributed by atoms with E-state index in [1.165, 1.54) is 0 Å². The van der Waals surface area contributed by atoms with Crippen molar-refractivity contribution >= 4 is 5.69 Å². The summed E-state index contributed by atoms with van der Waals surface area (Å²) in [5, 5.41) is 12.3. The van der Waals surface area contributed by atoms with E-state index in [9.17, 15) is 0 Å². The summed E-state index contributed by atoms with van der Waals surface area (Å²) in [6.45, 7) is 4.12. The first-order valence-corrected chi connectivity index (χ1v) is 6.55. The van der Waals surface area contributed by atoms with E-state index in [2.05, 4.69) is 24.4 Å². The molecule has 0 aromatic heterocycles. The van der Waals surface area contributed by atoms with E-state index < -0.39 is 0 Å². The van der Waals surface area contributed by atoms with Gasteiger partial charge in [0, 0.05) is 11.7 Å². The zero-order valence-corrected chi connectivity index (χ0v) is 12.0. The molecule has 0 radical (unpaired) electrons. The molecule has 3 heteroatoms. The van der Waals surface area contributed by atoms with Crippen LogP contribution in [0.15, 0.2) is 42.5 Å². The Balaban J connectivity index is 2.12. The molecule has 0 saturated carbocycles. The predicted molar refractivity (Wildman–Crippen MR) is 80.9 cm³/mol. The Morgan fingerprint density at radius 3 is 2.40 bits per heavy atom. The third kappa shape index (κ3) is 3.10. The number of rotatable bonds is 4. The van der Waals surface area contributed by atoms with Crippen molar-refractivity contribution in [3.63, 3.8) is 0 Å². The molecule has 1 N–H and O–H groups in total. The van der Waals surface area contributed by atoms with Crippen molar-refractivity contribution in [1.82, 2.24) is 0 Å². The summed E-state index contributed by atoms with van der Waals surface area (Å²) in [6, 6.07) is 16.0. The maximum absolute atomic E-state index is 8.80. The molecule has 1 atom stereocenters. The van der Waals surface area contributed by atoms with Crippen molar-refractivity contribution in [2.24, 2.45) is 0 Å². The molecular formula is C17H18N2O. The summed E-state index contributed by atoms with van der Waals surface area (Å²) >= 11 is 0. The first-order chi connectivity index (χ1) is 9.63. The third-order valence-electron chi connectivity index (χ3n) is 3.32. The zero-order chi connectivity index (χ0) is 14.5. The number of anilines is 1. The summed E-state index contributed by atoms with van der Waals surface area (Å²) in [6.07, 6.45) is 0. The standard InChI is InChI=1S/C17H18N2O/c1-12-10-16(8-9-17(12)20-3)19-13(2)15-6-4-14(11-18)5-7-15/h4-10,13,19H,1-3H3. The minimum Gasteiger partial charge on any atom is -0.496 e. The van der Waals surface area contributed by atoms with E-state index >= 15 is 0 Å². The Hall–Kier alpha value is -2.47. The lowest BCUT2D eigenvalue weighted by Crippen LogP contribution is -2.06. The van der Waals surface area contributed by atoms with Gasteiger partial charge in [0.15, 0.2) is 0 Å². The number of nitriles is 1.